The molecule has 25 heavy (non-hydrogen) atoms. The van der Waals surface area contributed by atoms with Crippen LogP contribution in [0, 0.1) is 17.3 Å². The number of rotatable bonds is 3. The molecule has 3 rings (SSSR count). The van der Waals surface area contributed by atoms with E-state index in [1.54, 1.807) is 6.92 Å². The van der Waals surface area contributed by atoms with Crippen molar-refractivity contribution in [3.63, 3.8) is 0 Å². The lowest BCUT2D eigenvalue weighted by Gasteiger charge is -2.42. The summed E-state index contributed by atoms with van der Waals surface area (Å²) in [6.45, 7) is 11.3. The molecule has 1 aliphatic carbocycles. The zero-order valence-corrected chi connectivity index (χ0v) is 16.0. The Kier molecular flexibility index (Phi) is 4.76. The van der Waals surface area contributed by atoms with Crippen LogP contribution < -0.4 is 5.32 Å². The first kappa shape index (κ1) is 18.1. The fraction of sp³-hybridized carbons (Fsp3) is 0.619. The third-order valence-corrected chi connectivity index (χ3v) is 5.40. The van der Waals surface area contributed by atoms with Gasteiger partial charge in [0.15, 0.2) is 11.6 Å². The van der Waals surface area contributed by atoms with Crippen molar-refractivity contribution in [1.82, 2.24) is 5.32 Å². The molecule has 1 atom stereocenters. The smallest absolute Gasteiger partial charge is 0.162 e. The maximum atomic E-state index is 13.1. The van der Waals surface area contributed by atoms with Gasteiger partial charge in [0, 0.05) is 34.9 Å². The van der Waals surface area contributed by atoms with Gasteiger partial charge in [0.25, 0.3) is 0 Å². The van der Waals surface area contributed by atoms with Crippen LogP contribution in [0.1, 0.15) is 53.9 Å². The zero-order chi connectivity index (χ0) is 18.4. The minimum Gasteiger partial charge on any atom is -0.377 e. The van der Waals surface area contributed by atoms with E-state index in [1.165, 1.54) is 0 Å². The Morgan fingerprint density at radius 1 is 1.32 bits per heavy atom. The number of ketones is 2. The highest BCUT2D eigenvalue weighted by Crippen LogP contribution is 2.46. The number of Topliss-reactive ketones (excluding diaryl/α,β-unsaturated/α-hetero) is 2. The number of dihydropyridines is 1. The molecule has 1 unspecified atom stereocenters. The number of hydrogen-bond donors (Lipinski definition) is 1. The first-order valence-corrected chi connectivity index (χ1v) is 9.26. The number of hydrogen-bond acceptors (Lipinski definition) is 4. The summed E-state index contributed by atoms with van der Waals surface area (Å²) in [5.41, 5.74) is 4.71. The number of ether oxygens (including phenoxy) is 1. The first-order valence-electron chi connectivity index (χ1n) is 9.26. The molecule has 0 aromatic carbocycles. The summed E-state index contributed by atoms with van der Waals surface area (Å²) in [6.07, 6.45) is 4.23. The summed E-state index contributed by atoms with van der Waals surface area (Å²) < 4.78 is 5.46. The van der Waals surface area contributed by atoms with E-state index in [1.807, 2.05) is 0 Å². The van der Waals surface area contributed by atoms with Crippen LogP contribution in [-0.4, -0.2) is 24.8 Å². The van der Waals surface area contributed by atoms with Gasteiger partial charge in [0.2, 0.25) is 0 Å². The van der Waals surface area contributed by atoms with Crippen molar-refractivity contribution in [1.29, 1.82) is 0 Å². The average molecular weight is 343 g/mol. The number of nitrogens with one attached hydrogen (secondary N) is 1. The standard InChI is InChI=1S/C21H29NO3/c1-12(2)20-17(13(3)23)18(14-6-8-25-9-7-14)19-15(22-20)10-21(4,5)11-16(19)24/h6,12,18,22H,7-11H2,1-5H3. The Hall–Kier alpha value is -1.68. The molecule has 0 radical (unpaired) electrons. The molecule has 0 saturated heterocycles. The van der Waals surface area contributed by atoms with E-state index in [2.05, 4.69) is 39.1 Å². The normalized spacial score (nSPS) is 26.4. The predicted molar refractivity (Wildman–Crippen MR) is 97.7 cm³/mol. The summed E-state index contributed by atoms with van der Waals surface area (Å²) >= 11 is 0. The SMILES string of the molecule is CC(=O)C1=C(C(C)C)NC2=C(C(=O)CC(C)(C)C2)C1C1=CCOCC1. The molecule has 4 nitrogen and oxygen atoms in total. The highest BCUT2D eigenvalue weighted by Gasteiger charge is 2.43. The van der Waals surface area contributed by atoms with Gasteiger partial charge in [-0.3, -0.25) is 9.59 Å². The maximum Gasteiger partial charge on any atom is 0.162 e. The largest absolute Gasteiger partial charge is 0.377 e. The molecule has 1 N–H and O–H groups in total. The fourth-order valence-corrected chi connectivity index (χ4v) is 4.33. The maximum absolute atomic E-state index is 13.1. The van der Waals surface area contributed by atoms with E-state index in [4.69, 9.17) is 4.74 Å². The predicted octanol–water partition coefficient (Wildman–Crippen LogP) is 3.69. The second-order valence-electron chi connectivity index (χ2n) is 8.53. The van der Waals surface area contributed by atoms with Crippen LogP contribution in [-0.2, 0) is 14.3 Å². The average Bonchev–Trinajstić information content (AvgIpc) is 2.52. The second kappa shape index (κ2) is 6.56. The van der Waals surface area contributed by atoms with Gasteiger partial charge in [-0.1, -0.05) is 39.3 Å². The topological polar surface area (TPSA) is 55.4 Å². The molecule has 3 aliphatic rings. The molecule has 0 bridgehead atoms. The van der Waals surface area contributed by atoms with Gasteiger partial charge in [0.1, 0.15) is 0 Å². The lowest BCUT2D eigenvalue weighted by Crippen LogP contribution is -2.41. The van der Waals surface area contributed by atoms with Crippen molar-refractivity contribution in [2.75, 3.05) is 13.2 Å². The van der Waals surface area contributed by atoms with Crippen molar-refractivity contribution < 1.29 is 14.3 Å². The molecule has 2 aliphatic heterocycles. The lowest BCUT2D eigenvalue weighted by atomic mass is 9.67. The van der Waals surface area contributed by atoms with E-state index >= 15 is 0 Å². The zero-order valence-electron chi connectivity index (χ0n) is 16.0. The van der Waals surface area contributed by atoms with Gasteiger partial charge in [-0.15, -0.1) is 0 Å². The summed E-state index contributed by atoms with van der Waals surface area (Å²) in [7, 11) is 0. The molecule has 0 aromatic heterocycles. The van der Waals surface area contributed by atoms with Gasteiger partial charge in [-0.05, 0) is 31.1 Å². The Balaban J connectivity index is 2.19. The van der Waals surface area contributed by atoms with Crippen molar-refractivity contribution in [2.24, 2.45) is 17.3 Å². The minimum atomic E-state index is -0.196. The van der Waals surface area contributed by atoms with Crippen molar-refractivity contribution in [3.8, 4) is 0 Å². The number of carbonyl (C=O) groups excluding carboxylic acids is 2. The van der Waals surface area contributed by atoms with Gasteiger partial charge >= 0.3 is 0 Å². The van der Waals surface area contributed by atoms with Crippen LogP contribution >= 0.6 is 0 Å². The molecule has 2 heterocycles. The molecule has 0 spiro atoms. The van der Waals surface area contributed by atoms with Crippen LogP contribution in [0.25, 0.3) is 0 Å². The molecule has 0 aromatic rings. The van der Waals surface area contributed by atoms with Gasteiger partial charge < -0.3 is 10.1 Å². The van der Waals surface area contributed by atoms with E-state index in [-0.39, 0.29) is 28.8 Å². The number of carbonyl (C=O) groups is 2. The van der Waals surface area contributed by atoms with Crippen LogP contribution in [0.3, 0.4) is 0 Å². The van der Waals surface area contributed by atoms with Gasteiger partial charge in [-0.2, -0.15) is 0 Å². The molecule has 0 saturated carbocycles. The molecule has 0 amide bonds. The summed E-state index contributed by atoms with van der Waals surface area (Å²) in [6, 6.07) is 0. The lowest BCUT2D eigenvalue weighted by molar-refractivity contribution is -0.118. The van der Waals surface area contributed by atoms with E-state index in [0.717, 1.165) is 41.0 Å². The van der Waals surface area contributed by atoms with E-state index in [9.17, 15) is 9.59 Å². The van der Waals surface area contributed by atoms with Gasteiger partial charge in [0.05, 0.1) is 13.2 Å². The fourth-order valence-electron chi connectivity index (χ4n) is 4.33. The van der Waals surface area contributed by atoms with Crippen molar-refractivity contribution in [3.05, 3.63) is 34.2 Å². The van der Waals surface area contributed by atoms with Gasteiger partial charge in [-0.25, -0.2) is 0 Å². The van der Waals surface area contributed by atoms with Crippen LogP contribution in [0.4, 0.5) is 0 Å². The Bertz CT molecular complexity index is 707. The number of allylic oxidation sites excluding steroid dienone is 4. The van der Waals surface area contributed by atoms with Crippen LogP contribution in [0.5, 0.6) is 0 Å². The van der Waals surface area contributed by atoms with Crippen LogP contribution in [0.2, 0.25) is 0 Å². The summed E-state index contributed by atoms with van der Waals surface area (Å²) in [4.78, 5) is 25.6. The molecule has 4 heteroatoms. The third kappa shape index (κ3) is 3.37. The third-order valence-electron chi connectivity index (χ3n) is 5.40. The molecular formula is C21H29NO3. The van der Waals surface area contributed by atoms with Crippen LogP contribution in [0.15, 0.2) is 34.2 Å². The van der Waals surface area contributed by atoms with Crippen molar-refractivity contribution >= 4 is 11.6 Å². The first-order chi connectivity index (χ1) is 11.7. The quantitative estimate of drug-likeness (QED) is 0.794. The molecule has 0 fully saturated rings. The second-order valence-corrected chi connectivity index (χ2v) is 8.53. The van der Waals surface area contributed by atoms with E-state index in [0.29, 0.717) is 19.6 Å². The van der Waals surface area contributed by atoms with Crippen molar-refractivity contribution in [2.45, 2.75) is 53.9 Å². The Morgan fingerprint density at radius 2 is 2.04 bits per heavy atom. The summed E-state index contributed by atoms with van der Waals surface area (Å²) in [5, 5.41) is 3.50. The highest BCUT2D eigenvalue weighted by atomic mass is 16.5. The Labute approximate surface area is 150 Å². The highest BCUT2D eigenvalue weighted by molar-refractivity contribution is 6.04. The summed E-state index contributed by atoms with van der Waals surface area (Å²) in [5.74, 6) is 0.241. The monoisotopic (exact) mass is 343 g/mol. The molecular weight excluding hydrogens is 314 g/mol. The van der Waals surface area contributed by atoms with E-state index < -0.39 is 0 Å². The Morgan fingerprint density at radius 3 is 2.60 bits per heavy atom. The minimum absolute atomic E-state index is 0.0483. The molecule has 136 valence electrons.